The van der Waals surface area contributed by atoms with Crippen LogP contribution < -0.4 is 15.0 Å². The molecule has 7 nitrogen and oxygen atoms in total. The van der Waals surface area contributed by atoms with E-state index in [9.17, 15) is 14.4 Å². The molecular formula is C15H18N2O5. The monoisotopic (exact) mass is 306 g/mol. The van der Waals surface area contributed by atoms with Crippen molar-refractivity contribution in [2.24, 2.45) is 5.92 Å². The molecule has 0 bridgehead atoms. The topological polar surface area (TPSA) is 95.9 Å². The number of hydrogen-bond donors (Lipinski definition) is 2. The number of nitrogens with zero attached hydrogens (tertiary/aromatic N) is 1. The predicted octanol–water partition coefficient (Wildman–Crippen LogP) is 0.637. The van der Waals surface area contributed by atoms with Crippen LogP contribution in [0.3, 0.4) is 0 Å². The van der Waals surface area contributed by atoms with Crippen molar-refractivity contribution < 1.29 is 24.2 Å². The Balaban J connectivity index is 2.11. The average Bonchev–Trinajstić information content (AvgIpc) is 2.88. The number of amides is 2. The van der Waals surface area contributed by atoms with Crippen molar-refractivity contribution in [1.82, 2.24) is 5.32 Å². The molecule has 0 radical (unpaired) electrons. The van der Waals surface area contributed by atoms with Gasteiger partial charge in [-0.25, -0.2) is 0 Å². The summed E-state index contributed by atoms with van der Waals surface area (Å²) < 4.78 is 5.23. The van der Waals surface area contributed by atoms with Crippen LogP contribution in [0.4, 0.5) is 5.69 Å². The number of anilines is 1. The van der Waals surface area contributed by atoms with Gasteiger partial charge in [0.25, 0.3) is 0 Å². The van der Waals surface area contributed by atoms with Crippen molar-refractivity contribution in [3.63, 3.8) is 0 Å². The first-order valence-electron chi connectivity index (χ1n) is 6.90. The molecule has 0 spiro atoms. The van der Waals surface area contributed by atoms with Crippen molar-refractivity contribution in [3.05, 3.63) is 24.3 Å². The summed E-state index contributed by atoms with van der Waals surface area (Å²) in [4.78, 5) is 36.5. The summed E-state index contributed by atoms with van der Waals surface area (Å²) in [6.07, 6.45) is 0.0518. The van der Waals surface area contributed by atoms with E-state index in [1.165, 1.54) is 18.9 Å². The van der Waals surface area contributed by atoms with Gasteiger partial charge in [-0.3, -0.25) is 14.4 Å². The number of nitrogens with one attached hydrogen (secondary N) is 1. The molecule has 2 N–H and O–H groups in total. The van der Waals surface area contributed by atoms with Gasteiger partial charge in [0.2, 0.25) is 11.8 Å². The maximum Gasteiger partial charge on any atom is 0.325 e. The van der Waals surface area contributed by atoms with Gasteiger partial charge in [-0.2, -0.15) is 0 Å². The van der Waals surface area contributed by atoms with E-state index < -0.39 is 23.8 Å². The van der Waals surface area contributed by atoms with Crippen LogP contribution in [-0.2, 0) is 14.4 Å². The summed E-state index contributed by atoms with van der Waals surface area (Å²) in [6, 6.07) is 6.08. The lowest BCUT2D eigenvalue weighted by molar-refractivity contribution is -0.141. The number of ether oxygens (including phenoxy) is 1. The average molecular weight is 306 g/mol. The highest BCUT2D eigenvalue weighted by Gasteiger charge is 2.36. The van der Waals surface area contributed by atoms with E-state index in [4.69, 9.17) is 9.84 Å². The number of benzene rings is 1. The van der Waals surface area contributed by atoms with Gasteiger partial charge in [-0.05, 0) is 19.1 Å². The van der Waals surface area contributed by atoms with Crippen molar-refractivity contribution in [2.45, 2.75) is 19.4 Å². The molecule has 1 saturated heterocycles. The van der Waals surface area contributed by atoms with Crippen LogP contribution in [0.15, 0.2) is 24.3 Å². The molecule has 1 aliphatic rings. The third-order valence-corrected chi connectivity index (χ3v) is 3.60. The summed E-state index contributed by atoms with van der Waals surface area (Å²) in [6.45, 7) is 1.59. The third-order valence-electron chi connectivity index (χ3n) is 3.60. The van der Waals surface area contributed by atoms with Gasteiger partial charge < -0.3 is 20.1 Å². The van der Waals surface area contributed by atoms with Gasteiger partial charge in [0, 0.05) is 13.0 Å². The van der Waals surface area contributed by atoms with Crippen LogP contribution in [0, 0.1) is 5.92 Å². The fourth-order valence-electron chi connectivity index (χ4n) is 2.36. The summed E-state index contributed by atoms with van der Waals surface area (Å²) in [5.74, 6) is -1.75. The Labute approximate surface area is 127 Å². The second kappa shape index (κ2) is 6.46. The molecule has 2 rings (SSSR count). The molecule has 2 atom stereocenters. The second-order valence-corrected chi connectivity index (χ2v) is 5.15. The fraction of sp³-hybridized carbons (Fsp3) is 0.400. The van der Waals surface area contributed by atoms with Crippen LogP contribution >= 0.6 is 0 Å². The quantitative estimate of drug-likeness (QED) is 0.832. The number of carbonyl (C=O) groups excluding carboxylic acids is 2. The van der Waals surface area contributed by atoms with Crippen LogP contribution in [0.1, 0.15) is 13.3 Å². The van der Waals surface area contributed by atoms with E-state index in [2.05, 4.69) is 5.32 Å². The molecule has 0 saturated carbocycles. The normalized spacial score (nSPS) is 18.9. The maximum atomic E-state index is 12.2. The van der Waals surface area contributed by atoms with E-state index in [-0.39, 0.29) is 18.9 Å². The summed E-state index contributed by atoms with van der Waals surface area (Å²) in [5, 5.41) is 11.2. The number of carboxylic acid groups (broad SMARTS) is 1. The molecule has 1 fully saturated rings. The summed E-state index contributed by atoms with van der Waals surface area (Å²) >= 11 is 0. The zero-order valence-electron chi connectivity index (χ0n) is 12.4. The van der Waals surface area contributed by atoms with Gasteiger partial charge in [0.05, 0.1) is 18.7 Å². The van der Waals surface area contributed by atoms with Crippen LogP contribution in [0.2, 0.25) is 0 Å². The lowest BCUT2D eigenvalue weighted by atomic mass is 10.1. The van der Waals surface area contributed by atoms with Gasteiger partial charge in [0.15, 0.2) is 0 Å². The molecule has 1 aromatic carbocycles. The van der Waals surface area contributed by atoms with Crippen molar-refractivity contribution in [3.8, 4) is 5.75 Å². The Bertz CT molecular complexity index is 601. The van der Waals surface area contributed by atoms with Crippen LogP contribution in [0.25, 0.3) is 0 Å². The first-order chi connectivity index (χ1) is 10.4. The number of para-hydroxylation sites is 2. The molecule has 1 aliphatic heterocycles. The Morgan fingerprint density at radius 2 is 2.09 bits per heavy atom. The maximum absolute atomic E-state index is 12.2. The largest absolute Gasteiger partial charge is 0.495 e. The lowest BCUT2D eigenvalue weighted by Crippen LogP contribution is -2.42. The van der Waals surface area contributed by atoms with Gasteiger partial charge in [-0.15, -0.1) is 0 Å². The van der Waals surface area contributed by atoms with Gasteiger partial charge in [-0.1, -0.05) is 12.1 Å². The van der Waals surface area contributed by atoms with Crippen molar-refractivity contribution >= 4 is 23.5 Å². The molecule has 0 aliphatic carbocycles. The fourth-order valence-corrected chi connectivity index (χ4v) is 2.36. The third kappa shape index (κ3) is 3.19. The number of carbonyl (C=O) groups is 3. The smallest absolute Gasteiger partial charge is 0.325 e. The Hall–Kier alpha value is -2.57. The lowest BCUT2D eigenvalue weighted by Gasteiger charge is -2.19. The van der Waals surface area contributed by atoms with E-state index in [0.717, 1.165) is 0 Å². The summed E-state index contributed by atoms with van der Waals surface area (Å²) in [5.41, 5.74) is 0.608. The highest BCUT2D eigenvalue weighted by Crippen LogP contribution is 2.32. The number of hydrogen-bond acceptors (Lipinski definition) is 4. The molecule has 2 amide bonds. The molecule has 2 unspecified atom stereocenters. The zero-order valence-corrected chi connectivity index (χ0v) is 12.4. The number of aliphatic carboxylic acids is 1. The number of rotatable bonds is 5. The molecule has 0 aromatic heterocycles. The van der Waals surface area contributed by atoms with Gasteiger partial charge >= 0.3 is 5.97 Å². The standard InChI is InChI=1S/C15H18N2O5/c1-9(15(20)21)16-14(19)10-7-13(18)17(8-10)11-5-3-4-6-12(11)22-2/h3-6,9-10H,7-8H2,1-2H3,(H,16,19)(H,20,21). The van der Waals surface area contributed by atoms with E-state index in [1.54, 1.807) is 24.3 Å². The summed E-state index contributed by atoms with van der Waals surface area (Å²) in [7, 11) is 1.51. The molecule has 1 heterocycles. The minimum atomic E-state index is -1.11. The first kappa shape index (κ1) is 15.8. The van der Waals surface area contributed by atoms with E-state index in [0.29, 0.717) is 11.4 Å². The first-order valence-corrected chi connectivity index (χ1v) is 6.90. The zero-order chi connectivity index (χ0) is 16.3. The minimum Gasteiger partial charge on any atom is -0.495 e. The van der Waals surface area contributed by atoms with Crippen LogP contribution in [0.5, 0.6) is 5.75 Å². The Kier molecular flexibility index (Phi) is 4.65. The van der Waals surface area contributed by atoms with Gasteiger partial charge in [0.1, 0.15) is 11.8 Å². The number of methoxy groups -OCH3 is 1. The molecule has 1 aromatic rings. The van der Waals surface area contributed by atoms with E-state index in [1.807, 2.05) is 0 Å². The van der Waals surface area contributed by atoms with Crippen molar-refractivity contribution in [1.29, 1.82) is 0 Å². The van der Waals surface area contributed by atoms with E-state index >= 15 is 0 Å². The molecular weight excluding hydrogens is 288 g/mol. The Morgan fingerprint density at radius 1 is 1.41 bits per heavy atom. The molecule has 7 heteroatoms. The highest BCUT2D eigenvalue weighted by atomic mass is 16.5. The molecule has 22 heavy (non-hydrogen) atoms. The number of carboxylic acids is 1. The van der Waals surface area contributed by atoms with Crippen molar-refractivity contribution in [2.75, 3.05) is 18.6 Å². The van der Waals surface area contributed by atoms with Crippen LogP contribution in [-0.4, -0.2) is 42.6 Å². The second-order valence-electron chi connectivity index (χ2n) is 5.15. The molecule has 118 valence electrons. The SMILES string of the molecule is COc1ccccc1N1CC(C(=O)NC(C)C(=O)O)CC1=O. The predicted molar refractivity (Wildman–Crippen MR) is 78.7 cm³/mol. The Morgan fingerprint density at radius 3 is 2.73 bits per heavy atom. The minimum absolute atomic E-state index is 0.0518. The highest BCUT2D eigenvalue weighted by molar-refractivity contribution is 6.01.